The van der Waals surface area contributed by atoms with Gasteiger partial charge in [-0.3, -0.25) is 0 Å². The maximum absolute atomic E-state index is 13.0. The minimum Gasteiger partial charge on any atom is -0.467 e. The van der Waals surface area contributed by atoms with Gasteiger partial charge >= 0.3 is 5.97 Å². The van der Waals surface area contributed by atoms with Crippen molar-refractivity contribution in [2.75, 3.05) is 7.11 Å². The Balaban J connectivity index is 3.19. The van der Waals surface area contributed by atoms with Crippen LogP contribution in [-0.4, -0.2) is 18.2 Å². The summed E-state index contributed by atoms with van der Waals surface area (Å²) in [7, 11) is 0.957. The Morgan fingerprint density at radius 2 is 2.00 bits per heavy atom. The van der Waals surface area contributed by atoms with Crippen LogP contribution in [0.3, 0.4) is 0 Å². The molecule has 0 aromatic heterocycles. The highest BCUT2D eigenvalue weighted by Crippen LogP contribution is 2.21. The number of carbonyl (C=O) groups is 1. The van der Waals surface area contributed by atoms with Gasteiger partial charge in [0.15, 0.2) is 17.7 Å². The third kappa shape index (κ3) is 2.27. The molecule has 15 heavy (non-hydrogen) atoms. The molecule has 0 aliphatic heterocycles. The van der Waals surface area contributed by atoms with Crippen LogP contribution in [0.4, 0.5) is 13.2 Å². The lowest BCUT2D eigenvalue weighted by Gasteiger charge is -2.09. The first-order valence-corrected chi connectivity index (χ1v) is 3.87. The van der Waals surface area contributed by atoms with Gasteiger partial charge in [0.05, 0.1) is 7.11 Å². The molecule has 0 saturated heterocycles. The van der Waals surface area contributed by atoms with E-state index in [1.165, 1.54) is 0 Å². The third-order valence-electron chi connectivity index (χ3n) is 1.74. The lowest BCUT2D eigenvalue weighted by molar-refractivity contribution is -0.150. The van der Waals surface area contributed by atoms with Crippen LogP contribution >= 0.6 is 0 Å². The highest BCUT2D eigenvalue weighted by molar-refractivity contribution is 5.76. The maximum atomic E-state index is 13.0. The smallest absolute Gasteiger partial charge is 0.339 e. The average Bonchev–Trinajstić information content (AvgIpc) is 2.21. The van der Waals surface area contributed by atoms with Crippen LogP contribution in [0.2, 0.25) is 0 Å². The number of carbonyl (C=O) groups excluding carboxylic acids is 1. The van der Waals surface area contributed by atoms with Crippen LogP contribution in [-0.2, 0) is 9.53 Å². The van der Waals surface area contributed by atoms with E-state index in [1.807, 2.05) is 0 Å². The highest BCUT2D eigenvalue weighted by Gasteiger charge is 2.24. The second-order valence-electron chi connectivity index (χ2n) is 2.72. The molecule has 3 nitrogen and oxygen atoms in total. The largest absolute Gasteiger partial charge is 0.467 e. The summed E-state index contributed by atoms with van der Waals surface area (Å²) in [5.41, 5.74) is -0.792. The molecule has 0 bridgehead atoms. The lowest BCUT2D eigenvalue weighted by atomic mass is 10.1. The van der Waals surface area contributed by atoms with Gasteiger partial charge in [0, 0.05) is 11.6 Å². The van der Waals surface area contributed by atoms with Crippen molar-refractivity contribution in [1.82, 2.24) is 0 Å². The molecule has 1 rings (SSSR count). The number of hydrogen-bond donors (Lipinski definition) is 1. The monoisotopic (exact) mass is 220 g/mol. The molecule has 0 radical (unpaired) electrons. The predicted octanol–water partition coefficient (Wildman–Crippen LogP) is 1.31. The Labute approximate surface area is 83.1 Å². The van der Waals surface area contributed by atoms with Crippen LogP contribution < -0.4 is 0 Å². The zero-order chi connectivity index (χ0) is 11.6. The number of methoxy groups -OCH3 is 1. The first kappa shape index (κ1) is 11.5. The van der Waals surface area contributed by atoms with E-state index in [0.717, 1.165) is 7.11 Å². The molecule has 0 aliphatic carbocycles. The number of rotatable bonds is 2. The molecular weight excluding hydrogens is 213 g/mol. The summed E-state index contributed by atoms with van der Waals surface area (Å²) < 4.78 is 42.5. The van der Waals surface area contributed by atoms with Crippen molar-refractivity contribution in [2.45, 2.75) is 6.10 Å². The van der Waals surface area contributed by atoms with Crippen molar-refractivity contribution in [1.29, 1.82) is 0 Å². The van der Waals surface area contributed by atoms with E-state index in [1.54, 1.807) is 0 Å². The van der Waals surface area contributed by atoms with E-state index in [-0.39, 0.29) is 0 Å². The lowest BCUT2D eigenvalue weighted by Crippen LogP contribution is -2.15. The molecule has 0 heterocycles. The third-order valence-corrected chi connectivity index (χ3v) is 1.74. The second-order valence-corrected chi connectivity index (χ2v) is 2.72. The first-order chi connectivity index (χ1) is 6.97. The fourth-order valence-corrected chi connectivity index (χ4v) is 1.01. The molecule has 0 fully saturated rings. The van der Waals surface area contributed by atoms with Gasteiger partial charge in [-0.2, -0.15) is 0 Å². The Morgan fingerprint density at radius 1 is 1.40 bits per heavy atom. The molecule has 0 aliphatic rings. The summed E-state index contributed by atoms with van der Waals surface area (Å²) in [5.74, 6) is -5.24. The molecule has 0 saturated carbocycles. The summed E-state index contributed by atoms with van der Waals surface area (Å²) >= 11 is 0. The molecule has 0 spiro atoms. The zero-order valence-corrected chi connectivity index (χ0v) is 7.63. The molecule has 6 heteroatoms. The van der Waals surface area contributed by atoms with Crippen molar-refractivity contribution in [3.05, 3.63) is 35.1 Å². The van der Waals surface area contributed by atoms with Gasteiger partial charge in [0.25, 0.3) is 0 Å². The van der Waals surface area contributed by atoms with Crippen LogP contribution in [0.1, 0.15) is 11.7 Å². The van der Waals surface area contributed by atoms with Gasteiger partial charge in [-0.05, 0) is 6.07 Å². The average molecular weight is 220 g/mol. The molecule has 82 valence electrons. The highest BCUT2D eigenvalue weighted by atomic mass is 19.2. The van der Waals surface area contributed by atoms with E-state index < -0.39 is 35.1 Å². The van der Waals surface area contributed by atoms with Crippen LogP contribution in [0.15, 0.2) is 12.1 Å². The van der Waals surface area contributed by atoms with E-state index >= 15 is 0 Å². The second kappa shape index (κ2) is 4.31. The Kier molecular flexibility index (Phi) is 3.31. The Bertz CT molecular complexity index is 392. The number of benzene rings is 1. The number of aliphatic hydroxyl groups excluding tert-OH is 1. The van der Waals surface area contributed by atoms with E-state index in [9.17, 15) is 23.1 Å². The molecule has 0 amide bonds. The normalized spacial score (nSPS) is 12.3. The van der Waals surface area contributed by atoms with Crippen molar-refractivity contribution >= 4 is 5.97 Å². The Hall–Kier alpha value is -1.56. The minimum absolute atomic E-state index is 0.308. The van der Waals surface area contributed by atoms with Gasteiger partial charge in [-0.15, -0.1) is 0 Å². The Morgan fingerprint density at radius 3 is 2.53 bits per heavy atom. The number of hydrogen-bond acceptors (Lipinski definition) is 3. The van der Waals surface area contributed by atoms with Gasteiger partial charge < -0.3 is 9.84 Å². The fraction of sp³-hybridized carbons (Fsp3) is 0.222. The maximum Gasteiger partial charge on any atom is 0.339 e. The summed E-state index contributed by atoms with van der Waals surface area (Å²) in [5, 5.41) is 9.17. The van der Waals surface area contributed by atoms with Gasteiger partial charge in [0.2, 0.25) is 0 Å². The number of aliphatic hydroxyl groups is 1. The fourth-order valence-electron chi connectivity index (χ4n) is 1.01. The van der Waals surface area contributed by atoms with Crippen LogP contribution in [0.25, 0.3) is 0 Å². The quantitative estimate of drug-likeness (QED) is 0.603. The van der Waals surface area contributed by atoms with E-state index in [0.29, 0.717) is 12.1 Å². The van der Waals surface area contributed by atoms with Gasteiger partial charge in [-0.1, -0.05) is 0 Å². The van der Waals surface area contributed by atoms with Crippen LogP contribution in [0.5, 0.6) is 0 Å². The van der Waals surface area contributed by atoms with Gasteiger partial charge in [0.1, 0.15) is 5.82 Å². The number of halogens is 3. The van der Waals surface area contributed by atoms with E-state index in [4.69, 9.17) is 0 Å². The molecule has 1 unspecified atom stereocenters. The van der Waals surface area contributed by atoms with Gasteiger partial charge in [-0.25, -0.2) is 18.0 Å². The summed E-state index contributed by atoms with van der Waals surface area (Å²) in [6, 6.07) is 0.836. The zero-order valence-electron chi connectivity index (χ0n) is 7.63. The van der Waals surface area contributed by atoms with Crippen molar-refractivity contribution < 1.29 is 27.8 Å². The van der Waals surface area contributed by atoms with Crippen molar-refractivity contribution in [2.24, 2.45) is 0 Å². The summed E-state index contributed by atoms with van der Waals surface area (Å²) in [4.78, 5) is 10.8. The predicted molar refractivity (Wildman–Crippen MR) is 43.3 cm³/mol. The molecule has 1 aromatic carbocycles. The SMILES string of the molecule is COC(=O)C(O)c1cc(F)cc(F)c1F. The summed E-state index contributed by atoms with van der Waals surface area (Å²) in [6.45, 7) is 0. The number of esters is 1. The minimum atomic E-state index is -2.04. The van der Waals surface area contributed by atoms with E-state index in [2.05, 4.69) is 4.74 Å². The van der Waals surface area contributed by atoms with Crippen molar-refractivity contribution in [3.63, 3.8) is 0 Å². The van der Waals surface area contributed by atoms with Crippen molar-refractivity contribution in [3.8, 4) is 0 Å². The molecule has 1 N–H and O–H groups in total. The van der Waals surface area contributed by atoms with Crippen LogP contribution in [0, 0.1) is 17.5 Å². The number of ether oxygens (including phenoxy) is 1. The topological polar surface area (TPSA) is 46.5 Å². The standard InChI is InChI=1S/C9H7F3O3/c1-15-9(14)8(13)5-2-4(10)3-6(11)7(5)12/h2-3,8,13H,1H3. The summed E-state index contributed by atoms with van der Waals surface area (Å²) in [6.07, 6.45) is -2.04. The molecule has 1 aromatic rings. The molecule has 1 atom stereocenters. The molecular formula is C9H7F3O3. The first-order valence-electron chi connectivity index (χ1n) is 3.87.